The second-order valence-electron chi connectivity index (χ2n) is 6.91. The molecule has 0 aliphatic heterocycles. The molecule has 2 amide bonds. The van der Waals surface area contributed by atoms with E-state index in [0.717, 1.165) is 39.6 Å². The van der Waals surface area contributed by atoms with Gasteiger partial charge in [-0.3, -0.25) is 9.59 Å². The number of H-pyrrole nitrogens is 3. The Morgan fingerprint density at radius 1 is 1.12 bits per heavy atom. The quantitative estimate of drug-likeness (QED) is 0.283. The summed E-state index contributed by atoms with van der Waals surface area (Å²) in [5, 5.41) is 5.47. The van der Waals surface area contributed by atoms with Crippen molar-refractivity contribution >= 4 is 49.6 Å². The van der Waals surface area contributed by atoms with E-state index >= 15 is 0 Å². The van der Waals surface area contributed by atoms with Crippen LogP contribution in [0.5, 0.6) is 0 Å². The van der Waals surface area contributed by atoms with E-state index in [9.17, 15) is 9.59 Å². The summed E-state index contributed by atoms with van der Waals surface area (Å²) in [6.07, 6.45) is 6.28. The minimum atomic E-state index is -0.106. The van der Waals surface area contributed by atoms with Gasteiger partial charge in [-0.25, -0.2) is 4.98 Å². The van der Waals surface area contributed by atoms with E-state index < -0.39 is 0 Å². The number of hydrogen-bond acceptors (Lipinski definition) is 4. The van der Waals surface area contributed by atoms with Gasteiger partial charge in [-0.1, -0.05) is 13.8 Å². The molecular formula is C21H29Br2N7O2. The summed E-state index contributed by atoms with van der Waals surface area (Å²) in [4.78, 5) is 35.9. The highest BCUT2D eigenvalue weighted by Crippen LogP contribution is 2.24. The maximum Gasteiger partial charge on any atom is 0.267 e. The number of fused-ring (bicyclic) bond motifs is 1. The standard InChI is InChI=1S/C13H16BrN5O.C6H7BrN2O.C2H6/c14-8-4-11(16-6-8)12(20)17-5-7-1-2-9-10(3-7)19-13(15)18-9;1-8-6(10)5-2-4(7)3-9-5;1-2/h4,6-7,16H,1-3,5H2,(H,17,20)(H3,15,18,19);2-3,9H,1H3,(H,8,10);1-2H3. The smallest absolute Gasteiger partial charge is 0.267 e. The topological polar surface area (TPSA) is 144 Å². The number of aromatic amines is 3. The molecule has 3 aromatic rings. The summed E-state index contributed by atoms with van der Waals surface area (Å²) in [5.74, 6) is 0.719. The normalized spacial score (nSPS) is 14.2. The number of nitrogens with one attached hydrogen (secondary N) is 5. The molecule has 7 N–H and O–H groups in total. The second-order valence-corrected chi connectivity index (χ2v) is 8.74. The Bertz CT molecular complexity index is 1030. The molecule has 0 radical (unpaired) electrons. The number of nitrogen functional groups attached to an aromatic ring is 1. The Kier molecular flexibility index (Phi) is 10.0. The summed E-state index contributed by atoms with van der Waals surface area (Å²) in [7, 11) is 1.59. The zero-order valence-electron chi connectivity index (χ0n) is 18.3. The van der Waals surface area contributed by atoms with Gasteiger partial charge in [0, 0.05) is 40.6 Å². The van der Waals surface area contributed by atoms with Gasteiger partial charge in [-0.2, -0.15) is 0 Å². The van der Waals surface area contributed by atoms with Crippen molar-refractivity contribution in [1.29, 1.82) is 0 Å². The van der Waals surface area contributed by atoms with E-state index in [2.05, 4.69) is 62.4 Å². The summed E-state index contributed by atoms with van der Waals surface area (Å²) in [6, 6.07) is 3.49. The van der Waals surface area contributed by atoms with E-state index in [1.807, 2.05) is 13.8 Å². The maximum absolute atomic E-state index is 11.9. The zero-order valence-corrected chi connectivity index (χ0v) is 21.5. The van der Waals surface area contributed by atoms with Crippen LogP contribution in [0.2, 0.25) is 0 Å². The van der Waals surface area contributed by atoms with Gasteiger partial charge in [-0.15, -0.1) is 0 Å². The summed E-state index contributed by atoms with van der Waals surface area (Å²) in [5.41, 5.74) is 8.97. The van der Waals surface area contributed by atoms with Gasteiger partial charge in [-0.05, 0) is 69.2 Å². The summed E-state index contributed by atoms with van der Waals surface area (Å²) in [6.45, 7) is 4.66. The van der Waals surface area contributed by atoms with Crippen molar-refractivity contribution in [3.05, 3.63) is 56.2 Å². The van der Waals surface area contributed by atoms with Gasteiger partial charge in [0.1, 0.15) is 11.4 Å². The molecule has 11 heteroatoms. The monoisotopic (exact) mass is 569 g/mol. The summed E-state index contributed by atoms with van der Waals surface area (Å²) >= 11 is 6.53. The minimum absolute atomic E-state index is 0.0781. The average molecular weight is 571 g/mol. The number of amides is 2. The molecule has 0 spiro atoms. The van der Waals surface area contributed by atoms with Crippen LogP contribution in [0.15, 0.2) is 33.5 Å². The van der Waals surface area contributed by atoms with Crippen molar-refractivity contribution in [2.75, 3.05) is 19.3 Å². The van der Waals surface area contributed by atoms with Gasteiger partial charge in [0.2, 0.25) is 0 Å². The molecule has 1 aliphatic carbocycles. The van der Waals surface area contributed by atoms with Crippen LogP contribution in [0.4, 0.5) is 5.95 Å². The molecule has 0 bridgehead atoms. The highest BCUT2D eigenvalue weighted by molar-refractivity contribution is 9.10. The first kappa shape index (κ1) is 25.7. The van der Waals surface area contributed by atoms with E-state index in [0.29, 0.717) is 29.8 Å². The van der Waals surface area contributed by atoms with Crippen LogP contribution in [0.25, 0.3) is 0 Å². The minimum Gasteiger partial charge on any atom is -0.369 e. The van der Waals surface area contributed by atoms with Crippen molar-refractivity contribution in [2.24, 2.45) is 5.92 Å². The van der Waals surface area contributed by atoms with Crippen LogP contribution in [0, 0.1) is 5.92 Å². The third-order valence-electron chi connectivity index (χ3n) is 4.73. The zero-order chi connectivity index (χ0) is 23.7. The lowest BCUT2D eigenvalue weighted by molar-refractivity contribution is 0.0938. The number of carbonyl (C=O) groups excluding carboxylic acids is 2. The SMILES string of the molecule is CC.CNC(=O)c1cc(Br)c[nH]1.Nc1nc2c([nH]1)CC(CNC(=O)c1cc(Br)c[nH]1)CC2. The predicted molar refractivity (Wildman–Crippen MR) is 133 cm³/mol. The van der Waals surface area contributed by atoms with Crippen molar-refractivity contribution in [3.8, 4) is 0 Å². The molecule has 174 valence electrons. The maximum atomic E-state index is 11.9. The Labute approximate surface area is 204 Å². The van der Waals surface area contributed by atoms with E-state index in [-0.39, 0.29) is 11.8 Å². The first-order chi connectivity index (χ1) is 15.4. The number of aryl methyl sites for hydroxylation is 1. The Morgan fingerprint density at radius 2 is 1.72 bits per heavy atom. The number of aromatic nitrogens is 4. The van der Waals surface area contributed by atoms with Crippen molar-refractivity contribution in [1.82, 2.24) is 30.6 Å². The molecule has 0 saturated carbocycles. The van der Waals surface area contributed by atoms with Gasteiger partial charge >= 0.3 is 0 Å². The molecular weight excluding hydrogens is 542 g/mol. The number of hydrogen-bond donors (Lipinski definition) is 6. The molecule has 3 heterocycles. The molecule has 0 aromatic carbocycles. The van der Waals surface area contributed by atoms with Gasteiger partial charge in [0.05, 0.1) is 5.69 Å². The number of nitrogens with two attached hydrogens (primary N) is 1. The predicted octanol–water partition coefficient (Wildman–Crippen LogP) is 3.78. The molecule has 0 saturated heterocycles. The van der Waals surface area contributed by atoms with E-state index in [1.54, 1.807) is 31.6 Å². The molecule has 9 nitrogen and oxygen atoms in total. The molecule has 4 rings (SSSR count). The molecule has 32 heavy (non-hydrogen) atoms. The van der Waals surface area contributed by atoms with Crippen molar-refractivity contribution < 1.29 is 9.59 Å². The largest absolute Gasteiger partial charge is 0.369 e. The number of nitrogens with zero attached hydrogens (tertiary/aromatic N) is 1. The van der Waals surface area contributed by atoms with Crippen LogP contribution in [-0.4, -0.2) is 45.3 Å². The van der Waals surface area contributed by atoms with Gasteiger partial charge in [0.25, 0.3) is 11.8 Å². The molecule has 1 aliphatic rings. The van der Waals surface area contributed by atoms with E-state index in [4.69, 9.17) is 5.73 Å². The first-order valence-corrected chi connectivity index (χ1v) is 12.0. The third-order valence-corrected chi connectivity index (χ3v) is 5.64. The van der Waals surface area contributed by atoms with Crippen LogP contribution in [0.3, 0.4) is 0 Å². The fourth-order valence-electron chi connectivity index (χ4n) is 3.21. The number of carbonyl (C=O) groups is 2. The molecule has 3 aromatic heterocycles. The lowest BCUT2D eigenvalue weighted by atomic mass is 9.90. The third kappa shape index (κ3) is 7.27. The van der Waals surface area contributed by atoms with Crippen molar-refractivity contribution in [2.45, 2.75) is 33.1 Å². The van der Waals surface area contributed by atoms with Gasteiger partial charge < -0.3 is 31.3 Å². The fraction of sp³-hybridized carbons (Fsp3) is 0.381. The number of imidazole rings is 1. The Morgan fingerprint density at radius 3 is 2.25 bits per heavy atom. The molecule has 1 unspecified atom stereocenters. The molecule has 1 atom stereocenters. The lowest BCUT2D eigenvalue weighted by Gasteiger charge is -2.21. The Hall–Kier alpha value is -2.53. The second kappa shape index (κ2) is 12.5. The van der Waals surface area contributed by atoms with Gasteiger partial charge in [0.15, 0.2) is 5.95 Å². The number of halogens is 2. The van der Waals surface area contributed by atoms with Crippen LogP contribution in [0.1, 0.15) is 52.6 Å². The van der Waals surface area contributed by atoms with Crippen molar-refractivity contribution in [3.63, 3.8) is 0 Å². The van der Waals surface area contributed by atoms with Crippen LogP contribution in [-0.2, 0) is 12.8 Å². The number of anilines is 1. The van der Waals surface area contributed by atoms with Crippen LogP contribution < -0.4 is 16.4 Å². The highest BCUT2D eigenvalue weighted by atomic mass is 79.9. The number of rotatable bonds is 4. The molecule has 0 fully saturated rings. The average Bonchev–Trinajstić information content (AvgIpc) is 3.52. The fourth-order valence-corrected chi connectivity index (χ4v) is 3.90. The first-order valence-electron chi connectivity index (χ1n) is 10.4. The van der Waals surface area contributed by atoms with E-state index in [1.165, 1.54) is 0 Å². The lowest BCUT2D eigenvalue weighted by Crippen LogP contribution is -2.32. The summed E-state index contributed by atoms with van der Waals surface area (Å²) < 4.78 is 1.75. The Balaban J connectivity index is 0.000000255. The van der Waals surface area contributed by atoms with Crippen LogP contribution >= 0.6 is 31.9 Å². The highest BCUT2D eigenvalue weighted by Gasteiger charge is 2.22.